The van der Waals surface area contributed by atoms with Gasteiger partial charge in [-0.2, -0.15) is 0 Å². The van der Waals surface area contributed by atoms with E-state index in [1.54, 1.807) is 23.6 Å². The van der Waals surface area contributed by atoms with E-state index in [4.69, 9.17) is 0 Å². The Hall–Kier alpha value is -1.49. The van der Waals surface area contributed by atoms with Gasteiger partial charge in [0.1, 0.15) is 0 Å². The Balaban J connectivity index is 1.78. The summed E-state index contributed by atoms with van der Waals surface area (Å²) in [5, 5.41) is -0.0370. The molecule has 126 valence electrons. The van der Waals surface area contributed by atoms with Crippen LogP contribution in [0, 0.1) is 0 Å². The van der Waals surface area contributed by atoms with Crippen molar-refractivity contribution in [3.63, 3.8) is 0 Å². The number of amides is 2. The third kappa shape index (κ3) is 4.99. The highest BCUT2D eigenvalue weighted by Crippen LogP contribution is 2.24. The SMILES string of the molecule is CC(=O)N1CCN(C(=O)C(C)SCC(C)c2ccccc2)CC1. The molecular weight excluding hydrogens is 308 g/mol. The Morgan fingerprint density at radius 1 is 1.04 bits per heavy atom. The lowest BCUT2D eigenvalue weighted by molar-refractivity contribution is -0.137. The van der Waals surface area contributed by atoms with E-state index in [9.17, 15) is 9.59 Å². The molecule has 0 N–H and O–H groups in total. The molecule has 1 aliphatic heterocycles. The summed E-state index contributed by atoms with van der Waals surface area (Å²) < 4.78 is 0. The van der Waals surface area contributed by atoms with Gasteiger partial charge < -0.3 is 9.80 Å². The molecular formula is C18H26N2O2S. The molecule has 1 fully saturated rings. The van der Waals surface area contributed by atoms with Gasteiger partial charge in [-0.05, 0) is 18.4 Å². The van der Waals surface area contributed by atoms with Crippen molar-refractivity contribution in [2.75, 3.05) is 31.9 Å². The van der Waals surface area contributed by atoms with E-state index >= 15 is 0 Å². The zero-order valence-corrected chi connectivity index (χ0v) is 15.0. The van der Waals surface area contributed by atoms with Crippen molar-refractivity contribution in [3.8, 4) is 0 Å². The van der Waals surface area contributed by atoms with Crippen LogP contribution in [0.3, 0.4) is 0 Å². The number of thioether (sulfide) groups is 1. The largest absolute Gasteiger partial charge is 0.339 e. The normalized spacial score (nSPS) is 17.7. The van der Waals surface area contributed by atoms with Crippen LogP contribution in [0.4, 0.5) is 0 Å². The number of carbonyl (C=O) groups excluding carboxylic acids is 2. The van der Waals surface area contributed by atoms with Gasteiger partial charge in [-0.1, -0.05) is 37.3 Å². The summed E-state index contributed by atoms with van der Waals surface area (Å²) in [6, 6.07) is 10.4. The van der Waals surface area contributed by atoms with Crippen molar-refractivity contribution < 1.29 is 9.59 Å². The molecule has 2 rings (SSSR count). The van der Waals surface area contributed by atoms with Crippen molar-refractivity contribution >= 4 is 23.6 Å². The van der Waals surface area contributed by atoms with Gasteiger partial charge in [0.25, 0.3) is 0 Å². The molecule has 0 radical (unpaired) electrons. The molecule has 0 saturated carbocycles. The highest BCUT2D eigenvalue weighted by molar-refractivity contribution is 8.00. The topological polar surface area (TPSA) is 40.6 Å². The zero-order chi connectivity index (χ0) is 16.8. The summed E-state index contributed by atoms with van der Waals surface area (Å²) in [6.07, 6.45) is 0. The summed E-state index contributed by atoms with van der Waals surface area (Å²) in [7, 11) is 0. The van der Waals surface area contributed by atoms with Gasteiger partial charge in [-0.15, -0.1) is 11.8 Å². The van der Waals surface area contributed by atoms with E-state index in [0.717, 1.165) is 5.75 Å². The maximum atomic E-state index is 12.5. The first kappa shape index (κ1) is 17.9. The van der Waals surface area contributed by atoms with Crippen molar-refractivity contribution in [1.29, 1.82) is 0 Å². The minimum absolute atomic E-state index is 0.0370. The summed E-state index contributed by atoms with van der Waals surface area (Å²) >= 11 is 1.72. The Morgan fingerprint density at radius 2 is 1.61 bits per heavy atom. The molecule has 5 heteroatoms. The lowest BCUT2D eigenvalue weighted by Gasteiger charge is -2.35. The molecule has 0 spiro atoms. The molecule has 1 aromatic carbocycles. The van der Waals surface area contributed by atoms with Gasteiger partial charge in [0.2, 0.25) is 11.8 Å². The van der Waals surface area contributed by atoms with Gasteiger partial charge in [0, 0.05) is 38.9 Å². The smallest absolute Gasteiger partial charge is 0.235 e. The molecule has 2 atom stereocenters. The van der Waals surface area contributed by atoms with Crippen LogP contribution in [-0.2, 0) is 9.59 Å². The third-order valence-electron chi connectivity index (χ3n) is 4.35. The number of benzene rings is 1. The van der Waals surface area contributed by atoms with Crippen LogP contribution >= 0.6 is 11.8 Å². The number of hydrogen-bond acceptors (Lipinski definition) is 3. The first-order valence-electron chi connectivity index (χ1n) is 8.20. The molecule has 0 bridgehead atoms. The van der Waals surface area contributed by atoms with Crippen LogP contribution in [0.5, 0.6) is 0 Å². The van der Waals surface area contributed by atoms with Crippen LogP contribution in [-0.4, -0.2) is 58.8 Å². The quantitative estimate of drug-likeness (QED) is 0.831. The molecule has 1 heterocycles. The van der Waals surface area contributed by atoms with Crippen LogP contribution in [0.1, 0.15) is 32.3 Å². The van der Waals surface area contributed by atoms with E-state index in [-0.39, 0.29) is 17.1 Å². The molecule has 0 aliphatic carbocycles. The van der Waals surface area contributed by atoms with Gasteiger partial charge >= 0.3 is 0 Å². The Bertz CT molecular complexity index is 527. The Kier molecular flexibility index (Phi) is 6.51. The summed E-state index contributed by atoms with van der Waals surface area (Å²) in [6.45, 7) is 8.38. The monoisotopic (exact) mass is 334 g/mol. The number of hydrogen-bond donors (Lipinski definition) is 0. The zero-order valence-electron chi connectivity index (χ0n) is 14.2. The maximum absolute atomic E-state index is 12.5. The fourth-order valence-electron chi connectivity index (χ4n) is 2.74. The lowest BCUT2D eigenvalue weighted by atomic mass is 10.0. The van der Waals surface area contributed by atoms with Gasteiger partial charge in [0.15, 0.2) is 0 Å². The molecule has 2 amide bonds. The molecule has 1 aromatic rings. The van der Waals surface area contributed by atoms with Crippen LogP contribution in [0.2, 0.25) is 0 Å². The van der Waals surface area contributed by atoms with Crippen LogP contribution in [0.15, 0.2) is 30.3 Å². The lowest BCUT2D eigenvalue weighted by Crippen LogP contribution is -2.51. The van der Waals surface area contributed by atoms with Crippen molar-refractivity contribution in [2.45, 2.75) is 31.9 Å². The Labute approximate surface area is 143 Å². The van der Waals surface area contributed by atoms with Gasteiger partial charge in [0.05, 0.1) is 5.25 Å². The van der Waals surface area contributed by atoms with E-state index in [1.165, 1.54) is 5.56 Å². The predicted octanol–water partition coefficient (Wildman–Crippen LogP) is 2.60. The van der Waals surface area contributed by atoms with Gasteiger partial charge in [-0.25, -0.2) is 0 Å². The minimum atomic E-state index is -0.0370. The summed E-state index contributed by atoms with van der Waals surface area (Å²) in [5.41, 5.74) is 1.31. The second-order valence-corrected chi connectivity index (χ2v) is 7.49. The van der Waals surface area contributed by atoms with Crippen LogP contribution in [0.25, 0.3) is 0 Å². The summed E-state index contributed by atoms with van der Waals surface area (Å²) in [5.74, 6) is 1.66. The average Bonchev–Trinajstić information content (AvgIpc) is 2.59. The highest BCUT2D eigenvalue weighted by Gasteiger charge is 2.26. The van der Waals surface area contributed by atoms with E-state index in [1.807, 2.05) is 17.9 Å². The summed E-state index contributed by atoms with van der Waals surface area (Å²) in [4.78, 5) is 27.6. The highest BCUT2D eigenvalue weighted by atomic mass is 32.2. The number of nitrogens with zero attached hydrogens (tertiary/aromatic N) is 2. The third-order valence-corrected chi connectivity index (χ3v) is 5.74. The minimum Gasteiger partial charge on any atom is -0.339 e. The molecule has 1 saturated heterocycles. The second-order valence-electron chi connectivity index (χ2n) is 6.12. The van der Waals surface area contributed by atoms with Gasteiger partial charge in [-0.3, -0.25) is 9.59 Å². The van der Waals surface area contributed by atoms with E-state index in [0.29, 0.717) is 32.1 Å². The Morgan fingerprint density at radius 3 is 2.17 bits per heavy atom. The average molecular weight is 334 g/mol. The fourth-order valence-corrected chi connectivity index (χ4v) is 3.80. The predicted molar refractivity (Wildman–Crippen MR) is 95.6 cm³/mol. The maximum Gasteiger partial charge on any atom is 0.235 e. The number of rotatable bonds is 5. The van der Waals surface area contributed by atoms with Crippen molar-refractivity contribution in [1.82, 2.24) is 9.80 Å². The first-order valence-corrected chi connectivity index (χ1v) is 9.24. The molecule has 23 heavy (non-hydrogen) atoms. The molecule has 1 aliphatic rings. The molecule has 4 nitrogen and oxygen atoms in total. The fraction of sp³-hybridized carbons (Fsp3) is 0.556. The number of piperazine rings is 1. The number of carbonyl (C=O) groups is 2. The standard InChI is InChI=1S/C18H26N2O2S/c1-14(17-7-5-4-6-8-17)13-23-15(2)18(22)20-11-9-19(10-12-20)16(3)21/h4-8,14-15H,9-13H2,1-3H3. The molecule has 0 aromatic heterocycles. The second kappa shape index (κ2) is 8.39. The first-order chi connectivity index (χ1) is 11.0. The molecule has 2 unspecified atom stereocenters. The van der Waals surface area contributed by atoms with E-state index < -0.39 is 0 Å². The van der Waals surface area contributed by atoms with Crippen LogP contribution < -0.4 is 0 Å². The van der Waals surface area contributed by atoms with Crippen molar-refractivity contribution in [2.24, 2.45) is 0 Å². The van der Waals surface area contributed by atoms with Crippen molar-refractivity contribution in [3.05, 3.63) is 35.9 Å². The van der Waals surface area contributed by atoms with E-state index in [2.05, 4.69) is 31.2 Å².